The molecule has 0 bridgehead atoms. The fraction of sp³-hybridized carbons (Fsp3) is 0.286. The van der Waals surface area contributed by atoms with Crippen LogP contribution in [0.1, 0.15) is 5.56 Å². The van der Waals surface area contributed by atoms with E-state index in [0.29, 0.717) is 17.1 Å². The molecular formula is C28H30FN5O2. The van der Waals surface area contributed by atoms with Gasteiger partial charge >= 0.3 is 0 Å². The number of hydrogen-bond donors (Lipinski definition) is 1. The summed E-state index contributed by atoms with van der Waals surface area (Å²) >= 11 is 0. The van der Waals surface area contributed by atoms with Crippen LogP contribution in [-0.4, -0.2) is 67.2 Å². The molecule has 1 aliphatic heterocycles. The van der Waals surface area contributed by atoms with Crippen molar-refractivity contribution in [1.82, 2.24) is 19.8 Å². The van der Waals surface area contributed by atoms with Crippen LogP contribution in [0.4, 0.5) is 16.0 Å². The molecular weight excluding hydrogens is 457 g/mol. The normalized spacial score (nSPS) is 14.7. The van der Waals surface area contributed by atoms with Gasteiger partial charge in [-0.15, -0.1) is 0 Å². The van der Waals surface area contributed by atoms with Crippen molar-refractivity contribution < 1.29 is 13.9 Å². The molecule has 5 rings (SSSR count). The number of halogens is 1. The van der Waals surface area contributed by atoms with E-state index in [1.165, 1.54) is 18.7 Å². The molecule has 0 unspecified atom stereocenters. The van der Waals surface area contributed by atoms with Gasteiger partial charge in [-0.1, -0.05) is 18.2 Å². The zero-order valence-electron chi connectivity index (χ0n) is 20.8. The topological polar surface area (TPSA) is 62.8 Å². The minimum absolute atomic E-state index is 0.143. The highest BCUT2D eigenvalue weighted by Gasteiger charge is 2.15. The van der Waals surface area contributed by atoms with Crippen LogP contribution in [0, 0.1) is 5.82 Å². The molecule has 0 atom stereocenters. The molecule has 1 fully saturated rings. The van der Waals surface area contributed by atoms with Gasteiger partial charge in [-0.05, 0) is 47.8 Å². The summed E-state index contributed by atoms with van der Waals surface area (Å²) in [6.07, 6.45) is 3.70. The minimum atomic E-state index is -0.425. The predicted molar refractivity (Wildman–Crippen MR) is 141 cm³/mol. The molecule has 2 aromatic heterocycles. The summed E-state index contributed by atoms with van der Waals surface area (Å²) in [4.78, 5) is 13.9. The summed E-state index contributed by atoms with van der Waals surface area (Å²) in [5.41, 5.74) is 2.33. The number of benzene rings is 2. The van der Waals surface area contributed by atoms with Crippen LogP contribution in [0.3, 0.4) is 0 Å². The van der Waals surface area contributed by atoms with Gasteiger partial charge in [-0.2, -0.15) is 0 Å². The van der Waals surface area contributed by atoms with Gasteiger partial charge in [0.15, 0.2) is 11.6 Å². The number of hydrogen-bond acceptors (Lipinski definition) is 7. The first-order valence-corrected chi connectivity index (χ1v) is 12.0. The fourth-order valence-corrected chi connectivity index (χ4v) is 4.41. The summed E-state index contributed by atoms with van der Waals surface area (Å²) in [6.45, 7) is 5.28. The molecule has 2 aromatic carbocycles. The van der Waals surface area contributed by atoms with Crippen molar-refractivity contribution in [3.63, 3.8) is 0 Å². The zero-order chi connectivity index (χ0) is 25.1. The van der Waals surface area contributed by atoms with Gasteiger partial charge in [0.2, 0.25) is 0 Å². The number of methoxy groups -OCH3 is 2. The van der Waals surface area contributed by atoms with E-state index < -0.39 is 5.82 Å². The number of aromatic nitrogens is 2. The van der Waals surface area contributed by atoms with Crippen LogP contribution >= 0.6 is 0 Å². The first-order valence-electron chi connectivity index (χ1n) is 12.0. The van der Waals surface area contributed by atoms with Crippen LogP contribution < -0.4 is 14.8 Å². The van der Waals surface area contributed by atoms with Gasteiger partial charge in [-0.25, -0.2) is 14.4 Å². The second kappa shape index (κ2) is 10.5. The van der Waals surface area contributed by atoms with Crippen LogP contribution in [0.5, 0.6) is 11.5 Å². The van der Waals surface area contributed by atoms with Crippen LogP contribution in [0.15, 0.2) is 60.9 Å². The quantitative estimate of drug-likeness (QED) is 0.396. The molecule has 0 radical (unpaired) electrons. The standard InChI is InChI=1S/C28H30FN5O2/c1-33-8-10-34(11-9-33)18-19-4-7-26(30-16-19)32-27-13-20-5-6-21(12-22(20)17-31-27)24-14-23(35-2)15-25(36-3)28(24)29/h4-7,12-17H,8-11,18H2,1-3H3,(H,30,31,32). The van der Waals surface area contributed by atoms with Crippen molar-refractivity contribution in [3.05, 3.63) is 72.3 Å². The Hall–Kier alpha value is -3.75. The van der Waals surface area contributed by atoms with Crippen LogP contribution in [0.2, 0.25) is 0 Å². The van der Waals surface area contributed by atoms with E-state index >= 15 is 0 Å². The van der Waals surface area contributed by atoms with Crippen molar-refractivity contribution in [1.29, 1.82) is 0 Å². The molecule has 0 spiro atoms. The third-order valence-corrected chi connectivity index (χ3v) is 6.58. The monoisotopic (exact) mass is 487 g/mol. The number of likely N-dealkylation sites (N-methyl/N-ethyl adjacent to an activating group) is 1. The molecule has 1 N–H and O–H groups in total. The fourth-order valence-electron chi connectivity index (χ4n) is 4.41. The number of rotatable bonds is 7. The number of nitrogens with zero attached hydrogens (tertiary/aromatic N) is 4. The molecule has 0 amide bonds. The lowest BCUT2D eigenvalue weighted by Gasteiger charge is -2.32. The summed E-state index contributed by atoms with van der Waals surface area (Å²) < 4.78 is 25.4. The first kappa shape index (κ1) is 24.0. The maximum absolute atomic E-state index is 14.9. The average Bonchev–Trinajstić information content (AvgIpc) is 2.91. The van der Waals surface area contributed by atoms with Gasteiger partial charge in [0.05, 0.1) is 14.2 Å². The van der Waals surface area contributed by atoms with E-state index in [0.717, 1.165) is 54.9 Å². The van der Waals surface area contributed by atoms with Crippen molar-refractivity contribution in [3.8, 4) is 22.6 Å². The maximum atomic E-state index is 14.9. The van der Waals surface area contributed by atoms with Crippen molar-refractivity contribution in [2.75, 3.05) is 52.8 Å². The lowest BCUT2D eigenvalue weighted by Crippen LogP contribution is -2.43. The Morgan fingerprint density at radius 3 is 2.39 bits per heavy atom. The van der Waals surface area contributed by atoms with E-state index in [1.54, 1.807) is 19.4 Å². The van der Waals surface area contributed by atoms with Crippen LogP contribution in [0.25, 0.3) is 21.9 Å². The molecule has 1 saturated heterocycles. The lowest BCUT2D eigenvalue weighted by atomic mass is 10.0. The number of pyridine rings is 2. The molecule has 0 aliphatic carbocycles. The van der Waals surface area contributed by atoms with Gasteiger partial charge in [0.1, 0.15) is 17.4 Å². The predicted octanol–water partition coefficient (Wildman–Crippen LogP) is 4.94. The molecule has 7 nitrogen and oxygen atoms in total. The van der Waals surface area contributed by atoms with E-state index in [1.807, 2.05) is 36.5 Å². The molecule has 8 heteroatoms. The highest BCUT2D eigenvalue weighted by Crippen LogP contribution is 2.35. The largest absolute Gasteiger partial charge is 0.497 e. The second-order valence-electron chi connectivity index (χ2n) is 9.08. The van der Waals surface area contributed by atoms with Crippen LogP contribution in [-0.2, 0) is 6.54 Å². The van der Waals surface area contributed by atoms with E-state index in [9.17, 15) is 4.39 Å². The Morgan fingerprint density at radius 1 is 0.861 bits per heavy atom. The van der Waals surface area contributed by atoms with Crippen molar-refractivity contribution in [2.45, 2.75) is 6.54 Å². The minimum Gasteiger partial charge on any atom is -0.497 e. The zero-order valence-corrected chi connectivity index (χ0v) is 20.8. The summed E-state index contributed by atoms with van der Waals surface area (Å²) in [7, 11) is 5.15. The van der Waals surface area contributed by atoms with Gasteiger partial charge < -0.3 is 19.7 Å². The lowest BCUT2D eigenvalue weighted by molar-refractivity contribution is 0.148. The van der Waals surface area contributed by atoms with Crippen molar-refractivity contribution in [2.24, 2.45) is 0 Å². The Balaban J connectivity index is 1.31. The smallest absolute Gasteiger partial charge is 0.173 e. The van der Waals surface area contributed by atoms with E-state index in [4.69, 9.17) is 9.47 Å². The number of piperazine rings is 1. The number of anilines is 2. The van der Waals surface area contributed by atoms with E-state index in [-0.39, 0.29) is 5.75 Å². The summed E-state index contributed by atoms with van der Waals surface area (Å²) in [5, 5.41) is 5.17. The molecule has 1 aliphatic rings. The van der Waals surface area contributed by atoms with Gasteiger partial charge in [-0.3, -0.25) is 4.90 Å². The molecule has 36 heavy (non-hydrogen) atoms. The molecule has 3 heterocycles. The summed E-state index contributed by atoms with van der Waals surface area (Å²) in [6, 6.07) is 15.0. The number of fused-ring (bicyclic) bond motifs is 1. The number of ether oxygens (including phenoxy) is 2. The number of nitrogens with one attached hydrogen (secondary N) is 1. The summed E-state index contributed by atoms with van der Waals surface area (Å²) in [5.74, 6) is 1.69. The Kier molecular flexibility index (Phi) is 6.97. The highest BCUT2D eigenvalue weighted by molar-refractivity contribution is 5.89. The molecule has 0 saturated carbocycles. The third-order valence-electron chi connectivity index (χ3n) is 6.58. The van der Waals surface area contributed by atoms with E-state index in [2.05, 4.69) is 38.2 Å². The Labute approximate surface area is 210 Å². The average molecular weight is 488 g/mol. The molecule has 4 aromatic rings. The Bertz CT molecular complexity index is 1350. The van der Waals surface area contributed by atoms with Crippen molar-refractivity contribution >= 4 is 22.4 Å². The SMILES string of the molecule is COc1cc(OC)c(F)c(-c2ccc3cc(Nc4ccc(CN5CCN(C)CC5)cn4)ncc3c2)c1. The highest BCUT2D eigenvalue weighted by atomic mass is 19.1. The Morgan fingerprint density at radius 2 is 1.67 bits per heavy atom. The first-order chi connectivity index (χ1) is 17.5. The van der Waals surface area contributed by atoms with Gasteiger partial charge in [0, 0.05) is 62.1 Å². The van der Waals surface area contributed by atoms with Gasteiger partial charge in [0.25, 0.3) is 0 Å². The second-order valence-corrected chi connectivity index (χ2v) is 9.08. The maximum Gasteiger partial charge on any atom is 0.173 e. The molecule has 186 valence electrons. The third kappa shape index (κ3) is 5.24.